The fraction of sp³-hybridized carbons (Fsp3) is 0.143. The van der Waals surface area contributed by atoms with Crippen LogP contribution in [0.25, 0.3) is 0 Å². The zero-order chi connectivity index (χ0) is 18.4. The number of rotatable bonds is 6. The summed E-state index contributed by atoms with van der Waals surface area (Å²) in [5.41, 5.74) is 4.17. The van der Waals surface area contributed by atoms with Gasteiger partial charge in [0, 0.05) is 5.69 Å². The van der Waals surface area contributed by atoms with Gasteiger partial charge in [-0.1, -0.05) is 29.8 Å². The van der Waals surface area contributed by atoms with Crippen LogP contribution in [0.1, 0.15) is 11.1 Å². The third kappa shape index (κ3) is 5.08. The third-order valence-electron chi connectivity index (χ3n) is 3.73. The van der Waals surface area contributed by atoms with Crippen molar-refractivity contribution in [1.29, 1.82) is 0 Å². The fourth-order valence-corrected chi connectivity index (χ4v) is 2.39. The minimum atomic E-state index is -0.252. The molecule has 0 unspecified atom stereocenters. The molecule has 3 aromatic rings. The molecule has 0 atom stereocenters. The van der Waals surface area contributed by atoms with E-state index in [0.29, 0.717) is 11.6 Å². The van der Waals surface area contributed by atoms with Crippen molar-refractivity contribution in [1.82, 2.24) is 4.98 Å². The predicted octanol–water partition coefficient (Wildman–Crippen LogP) is 4.46. The maximum atomic E-state index is 12.0. The monoisotopic (exact) mass is 347 g/mol. The van der Waals surface area contributed by atoms with Gasteiger partial charge in [-0.15, -0.1) is 0 Å². The summed E-state index contributed by atoms with van der Waals surface area (Å²) < 4.78 is 5.46. The lowest BCUT2D eigenvalue weighted by atomic mass is 10.2. The van der Waals surface area contributed by atoms with Crippen molar-refractivity contribution in [3.63, 3.8) is 0 Å². The van der Waals surface area contributed by atoms with Crippen LogP contribution < -0.4 is 15.4 Å². The molecule has 2 N–H and O–H groups in total. The van der Waals surface area contributed by atoms with E-state index in [1.165, 1.54) is 5.56 Å². The highest BCUT2D eigenvalue weighted by Gasteiger charge is 2.05. The highest BCUT2D eigenvalue weighted by molar-refractivity contribution is 5.91. The standard InChI is InChI=1S/C21H21N3O2/c1-15-6-9-19(10-7-15)26-14-21(25)24-20-11-8-18(13-22-20)23-17-5-3-4-16(2)12-17/h3-13,23H,14H2,1-2H3,(H,22,24,25). The Balaban J connectivity index is 1.51. The fourth-order valence-electron chi connectivity index (χ4n) is 2.39. The van der Waals surface area contributed by atoms with Gasteiger partial charge in [0.05, 0.1) is 11.9 Å². The van der Waals surface area contributed by atoms with E-state index in [4.69, 9.17) is 4.74 Å². The van der Waals surface area contributed by atoms with Gasteiger partial charge in [-0.3, -0.25) is 4.79 Å². The second-order valence-corrected chi connectivity index (χ2v) is 6.08. The number of nitrogens with one attached hydrogen (secondary N) is 2. The molecule has 0 aliphatic carbocycles. The molecule has 1 aromatic heterocycles. The van der Waals surface area contributed by atoms with E-state index in [-0.39, 0.29) is 12.5 Å². The Bertz CT molecular complexity index is 875. The van der Waals surface area contributed by atoms with E-state index in [0.717, 1.165) is 16.9 Å². The molecule has 0 spiro atoms. The molecular formula is C21H21N3O2. The number of anilines is 3. The minimum Gasteiger partial charge on any atom is -0.484 e. The van der Waals surface area contributed by atoms with Crippen molar-refractivity contribution in [2.75, 3.05) is 17.2 Å². The maximum Gasteiger partial charge on any atom is 0.263 e. The number of aromatic nitrogens is 1. The molecule has 5 heteroatoms. The average molecular weight is 347 g/mol. The van der Waals surface area contributed by atoms with Crippen molar-refractivity contribution in [3.8, 4) is 5.75 Å². The highest BCUT2D eigenvalue weighted by atomic mass is 16.5. The number of amides is 1. The number of pyridine rings is 1. The first-order valence-electron chi connectivity index (χ1n) is 8.37. The lowest BCUT2D eigenvalue weighted by Crippen LogP contribution is -2.20. The van der Waals surface area contributed by atoms with Crippen LogP contribution in [0.2, 0.25) is 0 Å². The molecule has 0 bridgehead atoms. The number of hydrogen-bond donors (Lipinski definition) is 2. The highest BCUT2D eigenvalue weighted by Crippen LogP contribution is 2.18. The zero-order valence-electron chi connectivity index (χ0n) is 14.8. The molecule has 1 amide bonds. The summed E-state index contributed by atoms with van der Waals surface area (Å²) in [4.78, 5) is 16.2. The van der Waals surface area contributed by atoms with Gasteiger partial charge in [-0.2, -0.15) is 0 Å². The van der Waals surface area contributed by atoms with Crippen LogP contribution in [0.5, 0.6) is 5.75 Å². The predicted molar refractivity (Wildman–Crippen MR) is 104 cm³/mol. The summed E-state index contributed by atoms with van der Waals surface area (Å²) in [6, 6.07) is 19.3. The van der Waals surface area contributed by atoms with Gasteiger partial charge in [-0.25, -0.2) is 4.98 Å². The van der Waals surface area contributed by atoms with Crippen LogP contribution in [0, 0.1) is 13.8 Å². The topological polar surface area (TPSA) is 63.2 Å². The second kappa shape index (κ2) is 8.16. The van der Waals surface area contributed by atoms with Crippen LogP contribution in [-0.4, -0.2) is 17.5 Å². The first-order chi connectivity index (χ1) is 12.6. The van der Waals surface area contributed by atoms with Crippen LogP contribution in [0.4, 0.5) is 17.2 Å². The number of aryl methyl sites for hydroxylation is 2. The van der Waals surface area contributed by atoms with E-state index in [9.17, 15) is 4.79 Å². The van der Waals surface area contributed by atoms with Crippen molar-refractivity contribution in [3.05, 3.63) is 78.0 Å². The Kier molecular flexibility index (Phi) is 5.49. The van der Waals surface area contributed by atoms with Crippen LogP contribution >= 0.6 is 0 Å². The summed E-state index contributed by atoms with van der Waals surface area (Å²) in [7, 11) is 0. The van der Waals surface area contributed by atoms with E-state index in [2.05, 4.69) is 21.7 Å². The summed E-state index contributed by atoms with van der Waals surface area (Å²) in [5.74, 6) is 0.895. The molecule has 5 nitrogen and oxygen atoms in total. The summed E-state index contributed by atoms with van der Waals surface area (Å²) in [5, 5.41) is 6.00. The SMILES string of the molecule is Cc1ccc(OCC(=O)Nc2ccc(Nc3cccc(C)c3)cn2)cc1. The second-order valence-electron chi connectivity index (χ2n) is 6.08. The molecular weight excluding hydrogens is 326 g/mol. The molecule has 2 aromatic carbocycles. The maximum absolute atomic E-state index is 12.0. The van der Waals surface area contributed by atoms with E-state index in [1.54, 1.807) is 12.3 Å². The third-order valence-corrected chi connectivity index (χ3v) is 3.73. The largest absolute Gasteiger partial charge is 0.484 e. The minimum absolute atomic E-state index is 0.0615. The lowest BCUT2D eigenvalue weighted by molar-refractivity contribution is -0.118. The number of ether oxygens (including phenoxy) is 1. The van der Waals surface area contributed by atoms with Gasteiger partial charge in [-0.05, 0) is 55.8 Å². The molecule has 0 radical (unpaired) electrons. The molecule has 26 heavy (non-hydrogen) atoms. The number of hydrogen-bond acceptors (Lipinski definition) is 4. The number of carbonyl (C=O) groups excluding carboxylic acids is 1. The molecule has 0 saturated carbocycles. The summed E-state index contributed by atoms with van der Waals surface area (Å²) >= 11 is 0. The van der Waals surface area contributed by atoms with Crippen LogP contribution in [-0.2, 0) is 4.79 Å². The van der Waals surface area contributed by atoms with Crippen molar-refractivity contribution >= 4 is 23.1 Å². The Morgan fingerprint density at radius 3 is 2.46 bits per heavy atom. The normalized spacial score (nSPS) is 10.2. The first-order valence-corrected chi connectivity index (χ1v) is 8.37. The Morgan fingerprint density at radius 1 is 0.962 bits per heavy atom. The molecule has 0 aliphatic heterocycles. The van der Waals surface area contributed by atoms with Gasteiger partial charge < -0.3 is 15.4 Å². The quantitative estimate of drug-likeness (QED) is 0.691. The number of carbonyl (C=O) groups is 1. The molecule has 132 valence electrons. The van der Waals surface area contributed by atoms with E-state index < -0.39 is 0 Å². The first kappa shape index (κ1) is 17.5. The molecule has 0 fully saturated rings. The van der Waals surface area contributed by atoms with Crippen molar-refractivity contribution in [2.24, 2.45) is 0 Å². The number of benzene rings is 2. The van der Waals surface area contributed by atoms with Crippen molar-refractivity contribution in [2.45, 2.75) is 13.8 Å². The Labute approximate surface area is 153 Å². The van der Waals surface area contributed by atoms with Gasteiger partial charge in [0.25, 0.3) is 5.91 Å². The smallest absolute Gasteiger partial charge is 0.263 e. The Hall–Kier alpha value is -3.34. The molecule has 3 rings (SSSR count). The van der Waals surface area contributed by atoms with Gasteiger partial charge in [0.2, 0.25) is 0 Å². The van der Waals surface area contributed by atoms with Crippen LogP contribution in [0.15, 0.2) is 66.9 Å². The molecule has 0 saturated heterocycles. The van der Waals surface area contributed by atoms with Gasteiger partial charge in [0.15, 0.2) is 6.61 Å². The molecule has 1 heterocycles. The van der Waals surface area contributed by atoms with Crippen LogP contribution in [0.3, 0.4) is 0 Å². The summed E-state index contributed by atoms with van der Waals surface area (Å²) in [6.07, 6.45) is 1.68. The van der Waals surface area contributed by atoms with Gasteiger partial charge >= 0.3 is 0 Å². The van der Waals surface area contributed by atoms with E-state index >= 15 is 0 Å². The Morgan fingerprint density at radius 2 is 1.77 bits per heavy atom. The van der Waals surface area contributed by atoms with Gasteiger partial charge in [0.1, 0.15) is 11.6 Å². The molecule has 0 aliphatic rings. The number of nitrogens with zero attached hydrogens (tertiary/aromatic N) is 1. The summed E-state index contributed by atoms with van der Waals surface area (Å²) in [6.45, 7) is 3.98. The average Bonchev–Trinajstić information content (AvgIpc) is 2.63. The van der Waals surface area contributed by atoms with Crippen molar-refractivity contribution < 1.29 is 9.53 Å². The lowest BCUT2D eigenvalue weighted by Gasteiger charge is -2.09. The van der Waals surface area contributed by atoms with E-state index in [1.807, 2.05) is 62.4 Å². The zero-order valence-corrected chi connectivity index (χ0v) is 14.8.